The van der Waals surface area contributed by atoms with Gasteiger partial charge in [-0.25, -0.2) is 9.48 Å². The summed E-state index contributed by atoms with van der Waals surface area (Å²) in [4.78, 5) is 26.0. The number of hydrogen-bond acceptors (Lipinski definition) is 4. The van der Waals surface area contributed by atoms with Gasteiger partial charge >= 0.3 is 5.97 Å². The Bertz CT molecular complexity index is 752. The molecule has 2 aliphatic rings. The van der Waals surface area contributed by atoms with E-state index in [4.69, 9.17) is 4.74 Å². The summed E-state index contributed by atoms with van der Waals surface area (Å²) in [5, 5.41) is 4.26. The molecule has 0 N–H and O–H groups in total. The van der Waals surface area contributed by atoms with Gasteiger partial charge in [0.25, 0.3) is 0 Å². The topological polar surface area (TPSA) is 64.4 Å². The van der Waals surface area contributed by atoms with E-state index in [1.807, 2.05) is 35.2 Å². The van der Waals surface area contributed by atoms with Crippen molar-refractivity contribution in [3.05, 3.63) is 48.3 Å². The summed E-state index contributed by atoms with van der Waals surface area (Å²) in [6.45, 7) is 0.973. The van der Waals surface area contributed by atoms with Crippen LogP contribution in [0.15, 0.2) is 42.6 Å². The van der Waals surface area contributed by atoms with Crippen LogP contribution in [0.4, 0.5) is 0 Å². The number of nitrogens with zero attached hydrogens (tertiary/aromatic N) is 3. The maximum atomic E-state index is 12.2. The summed E-state index contributed by atoms with van der Waals surface area (Å²) >= 11 is 0. The lowest BCUT2D eigenvalue weighted by molar-refractivity contribution is -0.128. The Balaban J connectivity index is 1.34. The predicted molar refractivity (Wildman–Crippen MR) is 86.7 cm³/mol. The molecule has 0 bridgehead atoms. The highest BCUT2D eigenvalue weighted by molar-refractivity contribution is 5.87. The summed E-state index contributed by atoms with van der Waals surface area (Å²) in [5.41, 5.74) is 1.17. The molecule has 1 aromatic heterocycles. The average Bonchev–Trinajstić information content (AvgIpc) is 3.19. The number of ether oxygens (including phenoxy) is 1. The van der Waals surface area contributed by atoms with Gasteiger partial charge in [0.05, 0.1) is 12.3 Å². The van der Waals surface area contributed by atoms with E-state index in [2.05, 4.69) is 5.10 Å². The van der Waals surface area contributed by atoms with Crippen molar-refractivity contribution < 1.29 is 14.3 Å². The molecule has 124 valence electrons. The second kappa shape index (κ2) is 6.11. The second-order valence-electron chi connectivity index (χ2n) is 6.43. The number of likely N-dealkylation sites (tertiary alicyclic amines) is 1. The summed E-state index contributed by atoms with van der Waals surface area (Å²) in [5.74, 6) is -0.160. The van der Waals surface area contributed by atoms with E-state index in [0.29, 0.717) is 19.0 Å². The first-order valence-electron chi connectivity index (χ1n) is 8.28. The molecule has 0 radical (unpaired) electrons. The summed E-state index contributed by atoms with van der Waals surface area (Å²) in [7, 11) is 0. The number of carbonyl (C=O) groups excluding carboxylic acids is 2. The monoisotopic (exact) mass is 325 g/mol. The van der Waals surface area contributed by atoms with Gasteiger partial charge in [0.1, 0.15) is 0 Å². The van der Waals surface area contributed by atoms with Crippen molar-refractivity contribution in [1.29, 1.82) is 0 Å². The van der Waals surface area contributed by atoms with E-state index in [9.17, 15) is 9.59 Å². The lowest BCUT2D eigenvalue weighted by Crippen LogP contribution is -2.28. The summed E-state index contributed by atoms with van der Waals surface area (Å²) < 4.78 is 7.01. The normalized spacial score (nSPS) is 20.4. The van der Waals surface area contributed by atoms with Crippen molar-refractivity contribution in [2.75, 3.05) is 13.2 Å². The van der Waals surface area contributed by atoms with E-state index in [1.165, 1.54) is 0 Å². The molecule has 2 aromatic rings. The molecule has 4 rings (SSSR count). The molecule has 2 fully saturated rings. The van der Waals surface area contributed by atoms with Crippen molar-refractivity contribution in [2.24, 2.45) is 5.92 Å². The number of carbonyl (C=O) groups is 2. The zero-order chi connectivity index (χ0) is 16.5. The van der Waals surface area contributed by atoms with Gasteiger partial charge in [-0.05, 0) is 31.0 Å². The number of hydrogen-bond donors (Lipinski definition) is 0. The molecular weight excluding hydrogens is 306 g/mol. The Labute approximate surface area is 140 Å². The van der Waals surface area contributed by atoms with Gasteiger partial charge in [-0.1, -0.05) is 18.2 Å². The number of para-hydroxylation sites is 1. The molecular formula is C18H19N3O3. The quantitative estimate of drug-likeness (QED) is 0.789. The van der Waals surface area contributed by atoms with Crippen molar-refractivity contribution in [1.82, 2.24) is 14.7 Å². The Hall–Kier alpha value is -2.63. The van der Waals surface area contributed by atoms with Crippen LogP contribution in [-0.4, -0.2) is 45.8 Å². The van der Waals surface area contributed by atoms with Crippen LogP contribution in [0.5, 0.6) is 0 Å². The van der Waals surface area contributed by atoms with E-state index >= 15 is 0 Å². The second-order valence-corrected chi connectivity index (χ2v) is 6.43. The third-order valence-corrected chi connectivity index (χ3v) is 4.50. The number of aromatic nitrogens is 2. The van der Waals surface area contributed by atoms with Crippen molar-refractivity contribution >= 4 is 11.9 Å². The molecule has 1 saturated heterocycles. The molecule has 0 unspecified atom stereocenters. The van der Waals surface area contributed by atoms with Gasteiger partial charge in [-0.3, -0.25) is 4.79 Å². The standard InChI is InChI=1S/C18H19N3O3/c22-17-10-13(11-20(17)14-6-7-14)12-24-18(23)16-8-9-21(19-16)15-4-2-1-3-5-15/h1-5,8-9,13-14H,6-7,10-12H2/t13-/m0/s1. The predicted octanol–water partition coefficient (Wildman–Crippen LogP) is 2.04. The lowest BCUT2D eigenvalue weighted by Gasteiger charge is -2.15. The largest absolute Gasteiger partial charge is 0.461 e. The minimum Gasteiger partial charge on any atom is -0.461 e. The molecule has 1 saturated carbocycles. The van der Waals surface area contributed by atoms with Crippen molar-refractivity contribution in [3.63, 3.8) is 0 Å². The first-order chi connectivity index (χ1) is 11.7. The SMILES string of the molecule is O=C(OC[C@H]1CC(=O)N(C2CC2)C1)c1ccn(-c2ccccc2)n1. The van der Waals surface area contributed by atoms with Gasteiger partial charge in [-0.2, -0.15) is 5.10 Å². The minimum atomic E-state index is -0.443. The van der Waals surface area contributed by atoms with Crippen LogP contribution < -0.4 is 0 Å². The zero-order valence-corrected chi connectivity index (χ0v) is 13.3. The molecule has 0 spiro atoms. The van der Waals surface area contributed by atoms with Gasteiger partial charge in [0, 0.05) is 31.1 Å². The molecule has 1 amide bonds. The highest BCUT2D eigenvalue weighted by Crippen LogP contribution is 2.32. The first-order valence-corrected chi connectivity index (χ1v) is 8.28. The fourth-order valence-corrected chi connectivity index (χ4v) is 3.08. The maximum Gasteiger partial charge on any atom is 0.358 e. The van der Waals surface area contributed by atoms with Crippen LogP contribution >= 0.6 is 0 Å². The number of rotatable bonds is 5. The Morgan fingerprint density at radius 1 is 1.21 bits per heavy atom. The summed E-state index contributed by atoms with van der Waals surface area (Å²) in [6.07, 6.45) is 4.42. The smallest absolute Gasteiger partial charge is 0.358 e. The number of esters is 1. The first kappa shape index (κ1) is 14.9. The van der Waals surface area contributed by atoms with Gasteiger partial charge < -0.3 is 9.64 Å². The van der Waals surface area contributed by atoms with Crippen LogP contribution in [0.1, 0.15) is 29.8 Å². The third-order valence-electron chi connectivity index (χ3n) is 4.50. The highest BCUT2D eigenvalue weighted by atomic mass is 16.5. The lowest BCUT2D eigenvalue weighted by atomic mass is 10.1. The number of benzene rings is 1. The van der Waals surface area contributed by atoms with Crippen LogP contribution in [-0.2, 0) is 9.53 Å². The zero-order valence-electron chi connectivity index (χ0n) is 13.3. The van der Waals surface area contributed by atoms with E-state index in [1.54, 1.807) is 16.9 Å². The van der Waals surface area contributed by atoms with E-state index in [-0.39, 0.29) is 24.1 Å². The molecule has 2 heterocycles. The summed E-state index contributed by atoms with van der Waals surface area (Å²) in [6, 6.07) is 11.7. The van der Waals surface area contributed by atoms with E-state index in [0.717, 1.165) is 18.5 Å². The minimum absolute atomic E-state index is 0.0956. The molecule has 6 heteroatoms. The Kier molecular flexibility index (Phi) is 3.80. The van der Waals surface area contributed by atoms with Gasteiger partial charge in [-0.15, -0.1) is 0 Å². The molecule has 1 atom stereocenters. The molecule has 6 nitrogen and oxygen atoms in total. The van der Waals surface area contributed by atoms with Crippen LogP contribution in [0.2, 0.25) is 0 Å². The van der Waals surface area contributed by atoms with Gasteiger partial charge in [0.2, 0.25) is 5.91 Å². The molecule has 1 aliphatic carbocycles. The molecule has 1 aliphatic heterocycles. The van der Waals surface area contributed by atoms with Crippen molar-refractivity contribution in [2.45, 2.75) is 25.3 Å². The Morgan fingerprint density at radius 2 is 2.00 bits per heavy atom. The fraction of sp³-hybridized carbons (Fsp3) is 0.389. The van der Waals surface area contributed by atoms with Crippen LogP contribution in [0.3, 0.4) is 0 Å². The third kappa shape index (κ3) is 3.04. The molecule has 1 aromatic carbocycles. The average molecular weight is 325 g/mol. The van der Waals surface area contributed by atoms with Gasteiger partial charge in [0.15, 0.2) is 5.69 Å². The highest BCUT2D eigenvalue weighted by Gasteiger charge is 2.39. The Morgan fingerprint density at radius 3 is 2.75 bits per heavy atom. The molecule has 24 heavy (non-hydrogen) atoms. The number of amides is 1. The fourth-order valence-electron chi connectivity index (χ4n) is 3.08. The van der Waals surface area contributed by atoms with Crippen LogP contribution in [0.25, 0.3) is 5.69 Å². The van der Waals surface area contributed by atoms with E-state index < -0.39 is 5.97 Å². The van der Waals surface area contributed by atoms with Crippen molar-refractivity contribution in [3.8, 4) is 5.69 Å². The maximum absolute atomic E-state index is 12.2. The van der Waals surface area contributed by atoms with Crippen LogP contribution in [0, 0.1) is 5.92 Å².